The molecular formula is C18H16F4N2O3. The molecule has 144 valence electrons. The van der Waals surface area contributed by atoms with Gasteiger partial charge in [0.25, 0.3) is 5.91 Å². The van der Waals surface area contributed by atoms with Crippen LogP contribution >= 0.6 is 0 Å². The van der Waals surface area contributed by atoms with Gasteiger partial charge in [-0.3, -0.25) is 14.6 Å². The Hall–Kier alpha value is -2.97. The molecule has 9 heteroatoms. The number of rotatable bonds is 7. The van der Waals surface area contributed by atoms with E-state index in [-0.39, 0.29) is 29.9 Å². The molecule has 0 radical (unpaired) electrons. The van der Waals surface area contributed by atoms with E-state index in [9.17, 15) is 27.2 Å². The number of pyridine rings is 1. The summed E-state index contributed by atoms with van der Waals surface area (Å²) >= 11 is 0. The zero-order valence-electron chi connectivity index (χ0n) is 14.3. The number of benzene rings is 1. The van der Waals surface area contributed by atoms with Crippen molar-refractivity contribution in [2.45, 2.75) is 32.7 Å². The van der Waals surface area contributed by atoms with E-state index < -0.39 is 23.8 Å². The van der Waals surface area contributed by atoms with E-state index in [1.165, 1.54) is 24.4 Å². The summed E-state index contributed by atoms with van der Waals surface area (Å²) in [5, 5.41) is 2.52. The molecule has 27 heavy (non-hydrogen) atoms. The minimum absolute atomic E-state index is 0.0169. The van der Waals surface area contributed by atoms with Gasteiger partial charge in [0.05, 0.1) is 0 Å². The number of hydrogen-bond donors (Lipinski definition) is 1. The maximum absolute atomic E-state index is 13.7. The Morgan fingerprint density at radius 1 is 1.19 bits per heavy atom. The van der Waals surface area contributed by atoms with Crippen LogP contribution < -0.4 is 10.1 Å². The zero-order valence-corrected chi connectivity index (χ0v) is 14.3. The first kappa shape index (κ1) is 20.3. The number of alkyl halides is 3. The van der Waals surface area contributed by atoms with Gasteiger partial charge in [-0.2, -0.15) is 0 Å². The normalized spacial score (nSPS) is 11.1. The third-order valence-corrected chi connectivity index (χ3v) is 3.53. The summed E-state index contributed by atoms with van der Waals surface area (Å²) < 4.78 is 53.6. The molecule has 2 rings (SSSR count). The summed E-state index contributed by atoms with van der Waals surface area (Å²) in [6.07, 6.45) is -3.12. The lowest BCUT2D eigenvalue weighted by atomic mass is 10.1. The van der Waals surface area contributed by atoms with Gasteiger partial charge in [0.15, 0.2) is 11.6 Å². The fourth-order valence-corrected chi connectivity index (χ4v) is 2.19. The van der Waals surface area contributed by atoms with Crippen molar-refractivity contribution >= 4 is 11.7 Å². The number of carbonyl (C=O) groups excluding carboxylic acids is 2. The monoisotopic (exact) mass is 384 g/mol. The molecule has 0 fully saturated rings. The second kappa shape index (κ2) is 8.61. The Morgan fingerprint density at radius 3 is 2.56 bits per heavy atom. The van der Waals surface area contributed by atoms with Crippen molar-refractivity contribution in [3.05, 3.63) is 59.2 Å². The molecule has 1 N–H and O–H groups in total. The fraction of sp³-hybridized carbons (Fsp3) is 0.278. The van der Waals surface area contributed by atoms with E-state index >= 15 is 0 Å². The smallest absolute Gasteiger partial charge is 0.403 e. The first-order chi connectivity index (χ1) is 12.7. The number of halogens is 4. The van der Waals surface area contributed by atoms with Crippen LogP contribution in [-0.2, 0) is 17.8 Å². The molecule has 1 amide bonds. The van der Waals surface area contributed by atoms with Gasteiger partial charge in [0.1, 0.15) is 5.78 Å². The van der Waals surface area contributed by atoms with Crippen molar-refractivity contribution in [2.75, 3.05) is 0 Å². The summed E-state index contributed by atoms with van der Waals surface area (Å²) in [6.45, 7) is 1.62. The highest BCUT2D eigenvalue weighted by atomic mass is 19.4. The molecule has 0 bridgehead atoms. The molecule has 1 aromatic heterocycles. The molecule has 0 unspecified atom stereocenters. The number of ether oxygens (including phenoxy) is 1. The van der Waals surface area contributed by atoms with E-state index in [1.807, 2.05) is 0 Å². The quantitative estimate of drug-likeness (QED) is 0.741. The first-order valence-corrected chi connectivity index (χ1v) is 7.97. The van der Waals surface area contributed by atoms with Crippen LogP contribution in [0.4, 0.5) is 17.6 Å². The Kier molecular flexibility index (Phi) is 6.49. The van der Waals surface area contributed by atoms with Crippen molar-refractivity contribution < 1.29 is 31.9 Å². The Balaban J connectivity index is 2.00. The summed E-state index contributed by atoms with van der Waals surface area (Å²) in [4.78, 5) is 27.7. The predicted molar refractivity (Wildman–Crippen MR) is 87.5 cm³/mol. The van der Waals surface area contributed by atoms with Crippen LogP contribution in [0.1, 0.15) is 35.0 Å². The maximum atomic E-state index is 13.7. The zero-order chi connectivity index (χ0) is 20.0. The van der Waals surface area contributed by atoms with Gasteiger partial charge in [-0.1, -0.05) is 13.0 Å². The third kappa shape index (κ3) is 6.36. The number of ketones is 1. The van der Waals surface area contributed by atoms with Gasteiger partial charge in [-0.15, -0.1) is 13.2 Å². The topological polar surface area (TPSA) is 68.3 Å². The minimum Gasteiger partial charge on any atom is -0.403 e. The van der Waals surface area contributed by atoms with Crippen LogP contribution in [0.25, 0.3) is 0 Å². The molecule has 2 aromatic rings. The van der Waals surface area contributed by atoms with Crippen LogP contribution in [-0.4, -0.2) is 23.0 Å². The number of nitrogens with one attached hydrogen (secondary N) is 1. The van der Waals surface area contributed by atoms with Gasteiger partial charge in [0, 0.05) is 36.8 Å². The standard InChI is InChI=1S/C18H16F4N2O3/c1-2-14(25)9-13-8-12(5-6-23-13)17(26)24-10-11-3-4-16(15(19)7-11)27-18(20,21)22/h3-8H,2,9-10H2,1H3,(H,24,26). The molecule has 0 aliphatic carbocycles. The molecule has 0 saturated heterocycles. The van der Waals surface area contributed by atoms with E-state index in [1.54, 1.807) is 6.92 Å². The highest BCUT2D eigenvalue weighted by Crippen LogP contribution is 2.26. The molecule has 0 saturated carbocycles. The van der Waals surface area contributed by atoms with E-state index in [4.69, 9.17) is 0 Å². The molecule has 0 aliphatic rings. The number of nitrogens with zero attached hydrogens (tertiary/aromatic N) is 1. The van der Waals surface area contributed by atoms with Gasteiger partial charge < -0.3 is 10.1 Å². The lowest BCUT2D eigenvalue weighted by molar-refractivity contribution is -0.275. The van der Waals surface area contributed by atoms with Crippen LogP contribution in [0.3, 0.4) is 0 Å². The van der Waals surface area contributed by atoms with Gasteiger partial charge >= 0.3 is 6.36 Å². The molecule has 0 aliphatic heterocycles. The summed E-state index contributed by atoms with van der Waals surface area (Å²) in [5.74, 6) is -2.64. The average molecular weight is 384 g/mol. The SMILES string of the molecule is CCC(=O)Cc1cc(C(=O)NCc2ccc(OC(F)(F)F)c(F)c2)ccn1. The highest BCUT2D eigenvalue weighted by molar-refractivity contribution is 5.94. The molecule has 5 nitrogen and oxygen atoms in total. The van der Waals surface area contributed by atoms with E-state index in [2.05, 4.69) is 15.0 Å². The molecule has 0 atom stereocenters. The lowest BCUT2D eigenvalue weighted by Crippen LogP contribution is -2.23. The maximum Gasteiger partial charge on any atom is 0.573 e. The predicted octanol–water partition coefficient (Wildman–Crippen LogP) is 3.57. The van der Waals surface area contributed by atoms with Crippen molar-refractivity contribution in [2.24, 2.45) is 0 Å². The molecule has 0 spiro atoms. The Morgan fingerprint density at radius 2 is 1.93 bits per heavy atom. The van der Waals surface area contributed by atoms with Gasteiger partial charge in [-0.05, 0) is 29.8 Å². The highest BCUT2D eigenvalue weighted by Gasteiger charge is 2.32. The number of amides is 1. The van der Waals surface area contributed by atoms with Crippen molar-refractivity contribution in [3.63, 3.8) is 0 Å². The van der Waals surface area contributed by atoms with Gasteiger partial charge in [0.2, 0.25) is 0 Å². The number of hydrogen-bond acceptors (Lipinski definition) is 4. The van der Waals surface area contributed by atoms with Crippen molar-refractivity contribution in [1.82, 2.24) is 10.3 Å². The van der Waals surface area contributed by atoms with E-state index in [0.717, 1.165) is 12.1 Å². The minimum atomic E-state index is -4.99. The number of aromatic nitrogens is 1. The van der Waals surface area contributed by atoms with Gasteiger partial charge in [-0.25, -0.2) is 4.39 Å². The van der Waals surface area contributed by atoms with Crippen LogP contribution in [0.15, 0.2) is 36.5 Å². The Labute approximate surface area is 152 Å². The van der Waals surface area contributed by atoms with E-state index in [0.29, 0.717) is 12.1 Å². The summed E-state index contributed by atoms with van der Waals surface area (Å²) in [6, 6.07) is 5.83. The Bertz CT molecular complexity index is 838. The van der Waals surface area contributed by atoms with Crippen LogP contribution in [0.5, 0.6) is 5.75 Å². The average Bonchev–Trinajstić information content (AvgIpc) is 2.60. The number of Topliss-reactive ketones (excluding diaryl/α,β-unsaturated/α-hetero) is 1. The second-order valence-corrected chi connectivity index (χ2v) is 5.60. The van der Waals surface area contributed by atoms with Crippen molar-refractivity contribution in [1.29, 1.82) is 0 Å². The number of carbonyl (C=O) groups is 2. The van der Waals surface area contributed by atoms with Crippen LogP contribution in [0, 0.1) is 5.82 Å². The second-order valence-electron chi connectivity index (χ2n) is 5.60. The first-order valence-electron chi connectivity index (χ1n) is 7.97. The van der Waals surface area contributed by atoms with Crippen LogP contribution in [0.2, 0.25) is 0 Å². The summed E-state index contributed by atoms with van der Waals surface area (Å²) in [5.41, 5.74) is 0.974. The third-order valence-electron chi connectivity index (χ3n) is 3.53. The fourth-order valence-electron chi connectivity index (χ4n) is 2.19. The lowest BCUT2D eigenvalue weighted by Gasteiger charge is -2.11. The van der Waals surface area contributed by atoms with Crippen molar-refractivity contribution in [3.8, 4) is 5.75 Å². The molecule has 1 aromatic carbocycles. The molecular weight excluding hydrogens is 368 g/mol. The largest absolute Gasteiger partial charge is 0.573 e. The summed E-state index contributed by atoms with van der Waals surface area (Å²) in [7, 11) is 0. The molecule has 1 heterocycles.